The van der Waals surface area contributed by atoms with Crippen molar-refractivity contribution in [1.82, 2.24) is 4.98 Å². The molecule has 1 N–H and O–H groups in total. The number of halogens is 2. The van der Waals surface area contributed by atoms with Crippen molar-refractivity contribution in [1.29, 1.82) is 0 Å². The number of rotatable bonds is 3. The van der Waals surface area contributed by atoms with Crippen LogP contribution in [0.15, 0.2) is 41.8 Å². The van der Waals surface area contributed by atoms with E-state index in [0.29, 0.717) is 10.0 Å². The molecular formula is C16H10Cl2N2O2S. The van der Waals surface area contributed by atoms with Gasteiger partial charge in [0.05, 0.1) is 10.7 Å². The number of ether oxygens (including phenoxy) is 2. The van der Waals surface area contributed by atoms with Crippen molar-refractivity contribution < 1.29 is 9.47 Å². The summed E-state index contributed by atoms with van der Waals surface area (Å²) in [6.07, 6.45) is 0. The van der Waals surface area contributed by atoms with Crippen LogP contribution in [0.4, 0.5) is 10.8 Å². The van der Waals surface area contributed by atoms with Crippen molar-refractivity contribution in [2.24, 2.45) is 0 Å². The Balaban J connectivity index is 1.58. The van der Waals surface area contributed by atoms with Gasteiger partial charge in [0.25, 0.3) is 0 Å². The molecule has 0 fully saturated rings. The molecule has 0 bridgehead atoms. The molecule has 4 nitrogen and oxygen atoms in total. The van der Waals surface area contributed by atoms with Gasteiger partial charge in [-0.3, -0.25) is 0 Å². The summed E-state index contributed by atoms with van der Waals surface area (Å²) in [4.78, 5) is 4.57. The second-order valence-electron chi connectivity index (χ2n) is 4.86. The van der Waals surface area contributed by atoms with Crippen LogP contribution in [0.3, 0.4) is 0 Å². The Bertz CT molecular complexity index is 882. The number of hydrogen-bond donors (Lipinski definition) is 1. The molecule has 3 aromatic rings. The van der Waals surface area contributed by atoms with Crippen LogP contribution < -0.4 is 14.8 Å². The quantitative estimate of drug-likeness (QED) is 0.657. The lowest BCUT2D eigenvalue weighted by molar-refractivity contribution is 0.174. The molecule has 1 aliphatic rings. The van der Waals surface area contributed by atoms with Crippen LogP contribution in [0.2, 0.25) is 10.0 Å². The van der Waals surface area contributed by atoms with E-state index in [1.54, 1.807) is 12.1 Å². The molecule has 23 heavy (non-hydrogen) atoms. The highest BCUT2D eigenvalue weighted by molar-refractivity contribution is 7.14. The molecule has 0 spiro atoms. The average Bonchev–Trinajstić information content (AvgIpc) is 3.16. The number of hydrogen-bond acceptors (Lipinski definition) is 5. The number of nitrogens with zero attached hydrogens (tertiary/aromatic N) is 1. The molecular weight excluding hydrogens is 355 g/mol. The molecule has 1 aliphatic heterocycles. The molecule has 7 heteroatoms. The van der Waals surface area contributed by atoms with Gasteiger partial charge in [-0.15, -0.1) is 11.3 Å². The van der Waals surface area contributed by atoms with Gasteiger partial charge in [0.15, 0.2) is 16.6 Å². The third-order valence-electron chi connectivity index (χ3n) is 3.34. The highest BCUT2D eigenvalue weighted by Gasteiger charge is 2.14. The van der Waals surface area contributed by atoms with E-state index in [1.807, 2.05) is 29.6 Å². The summed E-state index contributed by atoms with van der Waals surface area (Å²) in [6, 6.07) is 11.1. The van der Waals surface area contributed by atoms with Crippen molar-refractivity contribution in [3.63, 3.8) is 0 Å². The van der Waals surface area contributed by atoms with Crippen molar-refractivity contribution >= 4 is 45.4 Å². The van der Waals surface area contributed by atoms with Crippen LogP contribution >= 0.6 is 34.5 Å². The second-order valence-corrected chi connectivity index (χ2v) is 6.56. The summed E-state index contributed by atoms with van der Waals surface area (Å²) >= 11 is 13.7. The van der Waals surface area contributed by atoms with Crippen LogP contribution in [-0.2, 0) is 0 Å². The molecule has 0 unspecified atom stereocenters. The Morgan fingerprint density at radius 1 is 1.04 bits per heavy atom. The lowest BCUT2D eigenvalue weighted by Crippen LogP contribution is -1.93. The van der Waals surface area contributed by atoms with Crippen LogP contribution in [-0.4, -0.2) is 11.8 Å². The molecule has 0 saturated heterocycles. The van der Waals surface area contributed by atoms with Crippen molar-refractivity contribution in [2.45, 2.75) is 0 Å². The summed E-state index contributed by atoms with van der Waals surface area (Å²) < 4.78 is 10.7. The lowest BCUT2D eigenvalue weighted by Gasteiger charge is -2.04. The van der Waals surface area contributed by atoms with Gasteiger partial charge < -0.3 is 14.8 Å². The Hall–Kier alpha value is -1.95. The van der Waals surface area contributed by atoms with Crippen LogP contribution in [0, 0.1) is 0 Å². The second kappa shape index (κ2) is 5.92. The smallest absolute Gasteiger partial charge is 0.231 e. The standard InChI is InChI=1S/C16H10Cl2N2O2S/c17-9-1-3-11(12(18)5-9)13-7-23-16(20-13)19-10-2-4-14-15(6-10)22-8-21-14/h1-7H,8H2,(H,19,20). The van der Waals surface area contributed by atoms with E-state index in [4.69, 9.17) is 32.7 Å². The van der Waals surface area contributed by atoms with Gasteiger partial charge in [-0.25, -0.2) is 4.98 Å². The van der Waals surface area contributed by atoms with E-state index in [0.717, 1.165) is 33.6 Å². The molecule has 0 saturated carbocycles. The zero-order valence-electron chi connectivity index (χ0n) is 11.7. The minimum atomic E-state index is 0.259. The molecule has 2 aromatic carbocycles. The van der Waals surface area contributed by atoms with Gasteiger partial charge in [-0.1, -0.05) is 23.2 Å². The highest BCUT2D eigenvalue weighted by atomic mass is 35.5. The number of anilines is 2. The Kier molecular flexibility index (Phi) is 3.77. The number of aromatic nitrogens is 1. The monoisotopic (exact) mass is 364 g/mol. The SMILES string of the molecule is Clc1ccc(-c2csc(Nc3ccc4c(c3)OCO4)n2)c(Cl)c1. The fourth-order valence-electron chi connectivity index (χ4n) is 2.25. The van der Waals surface area contributed by atoms with E-state index in [1.165, 1.54) is 11.3 Å². The predicted molar refractivity (Wildman–Crippen MR) is 93.4 cm³/mol. The maximum atomic E-state index is 6.23. The molecule has 0 amide bonds. The van der Waals surface area contributed by atoms with Crippen LogP contribution in [0.1, 0.15) is 0 Å². The first-order chi connectivity index (χ1) is 11.2. The third-order valence-corrected chi connectivity index (χ3v) is 4.64. The van der Waals surface area contributed by atoms with Crippen LogP contribution in [0.25, 0.3) is 11.3 Å². The lowest BCUT2D eigenvalue weighted by atomic mass is 10.2. The van der Waals surface area contributed by atoms with Gasteiger partial charge in [0.1, 0.15) is 0 Å². The number of thiazole rings is 1. The molecule has 0 atom stereocenters. The predicted octanol–water partition coefficient (Wildman–Crippen LogP) is 5.59. The first-order valence-electron chi connectivity index (χ1n) is 6.77. The topological polar surface area (TPSA) is 43.4 Å². The summed E-state index contributed by atoms with van der Waals surface area (Å²) in [7, 11) is 0. The van der Waals surface area contributed by atoms with Crippen molar-refractivity contribution in [3.05, 3.63) is 51.8 Å². The fourth-order valence-corrected chi connectivity index (χ4v) is 3.49. The van der Waals surface area contributed by atoms with Gasteiger partial charge in [-0.05, 0) is 30.3 Å². The molecule has 116 valence electrons. The Morgan fingerprint density at radius 2 is 1.91 bits per heavy atom. The van der Waals surface area contributed by atoms with E-state index in [-0.39, 0.29) is 6.79 Å². The van der Waals surface area contributed by atoms with Gasteiger partial charge >= 0.3 is 0 Å². The van der Waals surface area contributed by atoms with E-state index >= 15 is 0 Å². The van der Waals surface area contributed by atoms with Crippen molar-refractivity contribution in [3.8, 4) is 22.8 Å². The molecule has 2 heterocycles. The zero-order valence-corrected chi connectivity index (χ0v) is 14.0. The average molecular weight is 365 g/mol. The zero-order chi connectivity index (χ0) is 15.8. The van der Waals surface area contributed by atoms with Gasteiger partial charge in [0, 0.05) is 27.7 Å². The number of benzene rings is 2. The maximum Gasteiger partial charge on any atom is 0.231 e. The minimum Gasteiger partial charge on any atom is -0.454 e. The van der Waals surface area contributed by atoms with Crippen LogP contribution in [0.5, 0.6) is 11.5 Å². The number of nitrogens with one attached hydrogen (secondary N) is 1. The van der Waals surface area contributed by atoms with E-state index in [9.17, 15) is 0 Å². The normalized spacial score (nSPS) is 12.4. The Labute approximate surface area is 146 Å². The van der Waals surface area contributed by atoms with E-state index in [2.05, 4.69) is 10.3 Å². The summed E-state index contributed by atoms with van der Waals surface area (Å²) in [5.41, 5.74) is 2.54. The first kappa shape index (κ1) is 14.6. The largest absolute Gasteiger partial charge is 0.454 e. The molecule has 1 aromatic heterocycles. The molecule has 0 radical (unpaired) electrons. The maximum absolute atomic E-state index is 6.23. The highest BCUT2D eigenvalue weighted by Crippen LogP contribution is 2.37. The summed E-state index contributed by atoms with van der Waals surface area (Å²) in [6.45, 7) is 0.259. The van der Waals surface area contributed by atoms with E-state index < -0.39 is 0 Å². The Morgan fingerprint density at radius 3 is 2.78 bits per heavy atom. The van der Waals surface area contributed by atoms with Gasteiger partial charge in [0.2, 0.25) is 6.79 Å². The molecule has 0 aliphatic carbocycles. The first-order valence-corrected chi connectivity index (χ1v) is 8.40. The third kappa shape index (κ3) is 2.95. The fraction of sp³-hybridized carbons (Fsp3) is 0.0625. The molecule has 4 rings (SSSR count). The summed E-state index contributed by atoms with van der Waals surface area (Å²) in [5, 5.41) is 7.16. The number of fused-ring (bicyclic) bond motifs is 1. The summed E-state index contributed by atoms with van der Waals surface area (Å²) in [5.74, 6) is 1.48. The minimum absolute atomic E-state index is 0.259. The van der Waals surface area contributed by atoms with Crippen molar-refractivity contribution in [2.75, 3.05) is 12.1 Å². The van der Waals surface area contributed by atoms with Gasteiger partial charge in [-0.2, -0.15) is 0 Å².